The van der Waals surface area contributed by atoms with Crippen LogP contribution in [-0.2, 0) is 19.6 Å². The first-order chi connectivity index (χ1) is 14.8. The molecule has 0 saturated heterocycles. The topological polar surface area (TPSA) is 86.8 Å². The van der Waals surface area contributed by atoms with E-state index in [9.17, 15) is 18.0 Å². The van der Waals surface area contributed by atoms with Gasteiger partial charge in [-0.1, -0.05) is 38.1 Å². The van der Waals surface area contributed by atoms with Crippen molar-refractivity contribution in [2.45, 2.75) is 38.1 Å². The van der Waals surface area contributed by atoms with E-state index in [-0.39, 0.29) is 23.1 Å². The number of carbonyl (C=O) groups excluding carboxylic acids is 2. The van der Waals surface area contributed by atoms with E-state index in [0.717, 1.165) is 11.1 Å². The second-order valence-corrected chi connectivity index (χ2v) is 9.19. The standard InChI is InChI=1S/C23H27N3O4S/c1-4-25(5-2)31(29,30)20-12-10-19(11-13-20)24-23(28)16-22-21-9-7-6-8-18(21)14-15-26(22)17(3)27/h6-15,22H,4-5,16H2,1-3H3,(H,24,28). The molecule has 1 heterocycles. The van der Waals surface area contributed by atoms with Gasteiger partial charge in [-0.15, -0.1) is 0 Å². The van der Waals surface area contributed by atoms with Gasteiger partial charge in [-0.2, -0.15) is 4.31 Å². The van der Waals surface area contributed by atoms with Crippen molar-refractivity contribution in [3.8, 4) is 0 Å². The summed E-state index contributed by atoms with van der Waals surface area (Å²) in [5, 5.41) is 2.81. The quantitative estimate of drug-likeness (QED) is 0.711. The molecule has 0 bridgehead atoms. The number of carbonyl (C=O) groups is 2. The van der Waals surface area contributed by atoms with Crippen molar-refractivity contribution in [1.29, 1.82) is 0 Å². The summed E-state index contributed by atoms with van der Waals surface area (Å²) in [7, 11) is -3.55. The minimum atomic E-state index is -3.55. The van der Waals surface area contributed by atoms with E-state index in [2.05, 4.69) is 5.32 Å². The van der Waals surface area contributed by atoms with Gasteiger partial charge in [0, 0.05) is 31.9 Å². The van der Waals surface area contributed by atoms with E-state index in [0.29, 0.717) is 18.8 Å². The number of fused-ring (bicyclic) bond motifs is 1. The van der Waals surface area contributed by atoms with E-state index >= 15 is 0 Å². The number of hydrogen-bond donors (Lipinski definition) is 1. The molecule has 2 aromatic rings. The predicted octanol–water partition coefficient (Wildman–Crippen LogP) is 3.62. The summed E-state index contributed by atoms with van der Waals surface area (Å²) < 4.78 is 26.6. The van der Waals surface area contributed by atoms with Crippen molar-refractivity contribution < 1.29 is 18.0 Å². The minimum Gasteiger partial charge on any atom is -0.326 e. The molecule has 8 heteroatoms. The molecule has 31 heavy (non-hydrogen) atoms. The molecule has 2 amide bonds. The summed E-state index contributed by atoms with van der Waals surface area (Å²) in [6.07, 6.45) is 3.65. The van der Waals surface area contributed by atoms with Crippen LogP contribution < -0.4 is 5.32 Å². The third-order valence-corrected chi connectivity index (χ3v) is 7.39. The molecule has 164 valence electrons. The normalized spacial score (nSPS) is 15.6. The Balaban J connectivity index is 1.75. The first kappa shape index (κ1) is 22.7. The lowest BCUT2D eigenvalue weighted by atomic mass is 9.93. The summed E-state index contributed by atoms with van der Waals surface area (Å²) in [6, 6.07) is 13.4. The molecule has 1 N–H and O–H groups in total. The number of amides is 2. The van der Waals surface area contributed by atoms with E-state index in [1.54, 1.807) is 37.1 Å². The number of benzene rings is 2. The van der Waals surface area contributed by atoms with Crippen LogP contribution in [0.1, 0.15) is 44.4 Å². The molecule has 0 saturated carbocycles. The molecule has 0 fully saturated rings. The Morgan fingerprint density at radius 2 is 1.68 bits per heavy atom. The molecule has 1 aliphatic heterocycles. The molecule has 0 radical (unpaired) electrons. The van der Waals surface area contributed by atoms with Gasteiger partial charge >= 0.3 is 0 Å². The second-order valence-electron chi connectivity index (χ2n) is 7.25. The van der Waals surface area contributed by atoms with Gasteiger partial charge in [-0.05, 0) is 41.5 Å². The Bertz CT molecular complexity index is 1090. The first-order valence-corrected chi connectivity index (χ1v) is 11.7. The molecule has 7 nitrogen and oxygen atoms in total. The smallest absolute Gasteiger partial charge is 0.243 e. The SMILES string of the molecule is CCN(CC)S(=O)(=O)c1ccc(NC(=O)CC2c3ccccc3C=CN2C(C)=O)cc1. The van der Waals surface area contributed by atoms with Crippen molar-refractivity contribution in [2.75, 3.05) is 18.4 Å². The number of nitrogens with one attached hydrogen (secondary N) is 1. The number of nitrogens with zero attached hydrogens (tertiary/aromatic N) is 2. The lowest BCUT2D eigenvalue weighted by Crippen LogP contribution is -2.33. The van der Waals surface area contributed by atoms with Crippen molar-refractivity contribution in [2.24, 2.45) is 0 Å². The summed E-state index contributed by atoms with van der Waals surface area (Å²) in [5.41, 5.74) is 2.39. The zero-order valence-corrected chi connectivity index (χ0v) is 18.7. The predicted molar refractivity (Wildman–Crippen MR) is 121 cm³/mol. The molecule has 1 aliphatic rings. The van der Waals surface area contributed by atoms with Gasteiger partial charge in [-0.25, -0.2) is 8.42 Å². The Hall–Kier alpha value is -2.97. The molecular weight excluding hydrogens is 414 g/mol. The average molecular weight is 442 g/mol. The van der Waals surface area contributed by atoms with Crippen molar-refractivity contribution >= 4 is 33.6 Å². The monoisotopic (exact) mass is 441 g/mol. The summed E-state index contributed by atoms with van der Waals surface area (Å²) in [5.74, 6) is -0.407. The van der Waals surface area contributed by atoms with Crippen LogP contribution >= 0.6 is 0 Å². The Morgan fingerprint density at radius 3 is 2.29 bits per heavy atom. The maximum absolute atomic E-state index is 12.7. The van der Waals surface area contributed by atoms with Crippen LogP contribution in [0.3, 0.4) is 0 Å². The van der Waals surface area contributed by atoms with Crippen molar-refractivity contribution in [3.63, 3.8) is 0 Å². The average Bonchev–Trinajstić information content (AvgIpc) is 2.74. The number of rotatable bonds is 7. The van der Waals surface area contributed by atoms with Crippen LogP contribution in [0.15, 0.2) is 59.6 Å². The number of sulfonamides is 1. The van der Waals surface area contributed by atoms with E-state index in [1.165, 1.54) is 23.4 Å². The molecule has 1 atom stereocenters. The van der Waals surface area contributed by atoms with Gasteiger partial charge in [0.1, 0.15) is 0 Å². The van der Waals surface area contributed by atoms with Crippen LogP contribution in [-0.4, -0.2) is 42.5 Å². The van der Waals surface area contributed by atoms with Crippen LogP contribution in [0.25, 0.3) is 6.08 Å². The molecular formula is C23H27N3O4S. The molecule has 1 unspecified atom stereocenters. The lowest BCUT2D eigenvalue weighted by molar-refractivity contribution is -0.129. The summed E-state index contributed by atoms with van der Waals surface area (Å²) >= 11 is 0. The highest BCUT2D eigenvalue weighted by Gasteiger charge is 2.28. The largest absolute Gasteiger partial charge is 0.326 e. The fourth-order valence-corrected chi connectivity index (χ4v) is 5.18. The summed E-state index contributed by atoms with van der Waals surface area (Å²) in [4.78, 5) is 26.6. The third kappa shape index (κ3) is 4.86. The summed E-state index contributed by atoms with van der Waals surface area (Å²) in [6.45, 7) is 5.83. The van der Waals surface area contributed by atoms with Gasteiger partial charge in [-0.3, -0.25) is 9.59 Å². The Labute approximate surface area is 183 Å². The van der Waals surface area contributed by atoms with Gasteiger partial charge in [0.05, 0.1) is 17.4 Å². The van der Waals surface area contributed by atoms with Gasteiger partial charge in [0.25, 0.3) is 0 Å². The maximum Gasteiger partial charge on any atom is 0.243 e. The fourth-order valence-electron chi connectivity index (χ4n) is 3.72. The van der Waals surface area contributed by atoms with Crippen LogP contribution in [0, 0.1) is 0 Å². The molecule has 0 aromatic heterocycles. The highest BCUT2D eigenvalue weighted by molar-refractivity contribution is 7.89. The van der Waals surface area contributed by atoms with E-state index in [1.807, 2.05) is 30.3 Å². The van der Waals surface area contributed by atoms with Crippen molar-refractivity contribution in [1.82, 2.24) is 9.21 Å². The maximum atomic E-state index is 12.7. The first-order valence-electron chi connectivity index (χ1n) is 10.2. The van der Waals surface area contributed by atoms with Gasteiger partial charge in [0.2, 0.25) is 21.8 Å². The molecule has 0 aliphatic carbocycles. The zero-order valence-electron chi connectivity index (χ0n) is 17.9. The third-order valence-electron chi connectivity index (χ3n) is 5.33. The van der Waals surface area contributed by atoms with Crippen LogP contribution in [0.5, 0.6) is 0 Å². The van der Waals surface area contributed by atoms with E-state index < -0.39 is 16.1 Å². The second kappa shape index (κ2) is 9.45. The Kier molecular flexibility index (Phi) is 6.92. The highest BCUT2D eigenvalue weighted by atomic mass is 32.2. The molecule has 3 rings (SSSR count). The highest BCUT2D eigenvalue weighted by Crippen LogP contribution is 2.33. The van der Waals surface area contributed by atoms with Crippen molar-refractivity contribution in [3.05, 3.63) is 65.9 Å². The Morgan fingerprint density at radius 1 is 1.03 bits per heavy atom. The van der Waals surface area contributed by atoms with Crippen LogP contribution in [0.2, 0.25) is 0 Å². The number of hydrogen-bond acceptors (Lipinski definition) is 4. The number of anilines is 1. The van der Waals surface area contributed by atoms with E-state index in [4.69, 9.17) is 0 Å². The fraction of sp³-hybridized carbons (Fsp3) is 0.304. The molecule has 2 aromatic carbocycles. The lowest BCUT2D eigenvalue weighted by Gasteiger charge is -2.32. The van der Waals surface area contributed by atoms with Gasteiger partial charge in [0.15, 0.2) is 0 Å². The zero-order chi connectivity index (χ0) is 22.6. The minimum absolute atomic E-state index is 0.0838. The van der Waals surface area contributed by atoms with Gasteiger partial charge < -0.3 is 10.2 Å². The molecule has 0 spiro atoms. The van der Waals surface area contributed by atoms with Crippen LogP contribution in [0.4, 0.5) is 5.69 Å².